The number of aryl methyl sites for hydroxylation is 2. The van der Waals surface area contributed by atoms with Gasteiger partial charge in [0.1, 0.15) is 0 Å². The van der Waals surface area contributed by atoms with E-state index in [1.165, 1.54) is 44.4 Å². The van der Waals surface area contributed by atoms with Gasteiger partial charge in [0.25, 0.3) is 10.0 Å². The fraction of sp³-hybridized carbons (Fsp3) is 0.250. The number of nitrogens with one attached hydrogen (secondary N) is 1. The molecular weight excluding hydrogens is 348 g/mol. The van der Waals surface area contributed by atoms with E-state index in [0.29, 0.717) is 0 Å². The normalized spacial score (nSPS) is 12.4. The first kappa shape index (κ1) is 18.4. The molecule has 6 nitrogen and oxygen atoms in total. The van der Waals surface area contributed by atoms with E-state index < -0.39 is 20.0 Å². The molecule has 24 heavy (non-hydrogen) atoms. The standard InChI is InChI=1S/C16H20N2O4S2/c1-12-8-9-15(10-13(12)2)23(19,20)17-14-6-5-7-16(11-14)24(21,22)18(3)4/h5-11,17H,1-4H3. The number of hydrogen-bond donors (Lipinski definition) is 1. The van der Waals surface area contributed by atoms with Crippen LogP contribution in [0.4, 0.5) is 5.69 Å². The van der Waals surface area contributed by atoms with Gasteiger partial charge in [-0.05, 0) is 55.3 Å². The van der Waals surface area contributed by atoms with Crippen molar-refractivity contribution >= 4 is 25.7 Å². The maximum Gasteiger partial charge on any atom is 0.261 e. The summed E-state index contributed by atoms with van der Waals surface area (Å²) in [6.07, 6.45) is 0. The molecule has 2 rings (SSSR count). The van der Waals surface area contributed by atoms with Crippen molar-refractivity contribution in [2.75, 3.05) is 18.8 Å². The van der Waals surface area contributed by atoms with Gasteiger partial charge in [-0.3, -0.25) is 4.72 Å². The number of sulfonamides is 2. The fourth-order valence-electron chi connectivity index (χ4n) is 2.03. The number of hydrogen-bond acceptors (Lipinski definition) is 4. The summed E-state index contributed by atoms with van der Waals surface area (Å²) in [5, 5.41) is 0. The minimum atomic E-state index is -3.79. The van der Waals surface area contributed by atoms with E-state index in [-0.39, 0.29) is 15.5 Å². The topological polar surface area (TPSA) is 83.5 Å². The molecule has 0 spiro atoms. The number of anilines is 1. The minimum absolute atomic E-state index is 0.0211. The zero-order valence-corrected chi connectivity index (χ0v) is 15.6. The molecule has 0 saturated heterocycles. The Kier molecular flexibility index (Phi) is 5.03. The number of rotatable bonds is 5. The van der Waals surface area contributed by atoms with Gasteiger partial charge in [0, 0.05) is 14.1 Å². The van der Waals surface area contributed by atoms with Gasteiger partial charge in [0.05, 0.1) is 15.5 Å². The Bertz CT molecular complexity index is 965. The lowest BCUT2D eigenvalue weighted by Crippen LogP contribution is -2.22. The van der Waals surface area contributed by atoms with Gasteiger partial charge in [-0.15, -0.1) is 0 Å². The molecule has 0 saturated carbocycles. The lowest BCUT2D eigenvalue weighted by Gasteiger charge is -2.13. The van der Waals surface area contributed by atoms with Crippen LogP contribution in [0.2, 0.25) is 0 Å². The van der Waals surface area contributed by atoms with Crippen LogP contribution in [0, 0.1) is 13.8 Å². The fourth-order valence-corrected chi connectivity index (χ4v) is 4.11. The Morgan fingerprint density at radius 2 is 1.50 bits per heavy atom. The molecule has 0 aliphatic heterocycles. The smallest absolute Gasteiger partial charge is 0.261 e. The third-order valence-electron chi connectivity index (χ3n) is 3.65. The van der Waals surface area contributed by atoms with Crippen LogP contribution < -0.4 is 4.72 Å². The Hall–Kier alpha value is -1.90. The van der Waals surface area contributed by atoms with Crippen LogP contribution in [0.15, 0.2) is 52.3 Å². The second kappa shape index (κ2) is 6.54. The largest absolute Gasteiger partial charge is 0.280 e. The molecule has 0 fully saturated rings. The van der Waals surface area contributed by atoms with Crippen molar-refractivity contribution in [1.29, 1.82) is 0 Å². The monoisotopic (exact) mass is 368 g/mol. The SMILES string of the molecule is Cc1ccc(S(=O)(=O)Nc2cccc(S(=O)(=O)N(C)C)c2)cc1C. The Labute approximate surface area is 143 Å². The van der Waals surface area contributed by atoms with E-state index in [9.17, 15) is 16.8 Å². The predicted molar refractivity (Wildman–Crippen MR) is 94.0 cm³/mol. The summed E-state index contributed by atoms with van der Waals surface area (Å²) in [4.78, 5) is 0.152. The summed E-state index contributed by atoms with van der Waals surface area (Å²) in [5.41, 5.74) is 2.05. The van der Waals surface area contributed by atoms with E-state index in [0.717, 1.165) is 15.4 Å². The molecule has 0 atom stereocenters. The van der Waals surface area contributed by atoms with Crippen molar-refractivity contribution in [3.8, 4) is 0 Å². The molecule has 8 heteroatoms. The lowest BCUT2D eigenvalue weighted by atomic mass is 10.1. The quantitative estimate of drug-likeness (QED) is 0.878. The second-order valence-corrected chi connectivity index (χ2v) is 9.50. The molecule has 0 radical (unpaired) electrons. The maximum absolute atomic E-state index is 12.5. The van der Waals surface area contributed by atoms with E-state index in [4.69, 9.17) is 0 Å². The van der Waals surface area contributed by atoms with E-state index in [2.05, 4.69) is 4.72 Å². The van der Waals surface area contributed by atoms with Gasteiger partial charge < -0.3 is 0 Å². The summed E-state index contributed by atoms with van der Waals surface area (Å²) in [7, 11) is -4.59. The zero-order valence-electron chi connectivity index (χ0n) is 13.9. The Morgan fingerprint density at radius 1 is 0.833 bits per heavy atom. The molecule has 0 aliphatic rings. The average molecular weight is 368 g/mol. The molecule has 2 aromatic rings. The van der Waals surface area contributed by atoms with Crippen LogP contribution in [-0.4, -0.2) is 35.2 Å². The summed E-state index contributed by atoms with van der Waals surface area (Å²) < 4.78 is 52.8. The van der Waals surface area contributed by atoms with E-state index in [1.807, 2.05) is 13.8 Å². The van der Waals surface area contributed by atoms with Crippen molar-refractivity contribution < 1.29 is 16.8 Å². The molecule has 0 unspecified atom stereocenters. The first-order chi connectivity index (χ1) is 11.0. The highest BCUT2D eigenvalue weighted by Crippen LogP contribution is 2.22. The molecule has 0 aliphatic carbocycles. The zero-order chi connectivity index (χ0) is 18.1. The molecule has 0 aromatic heterocycles. The van der Waals surface area contributed by atoms with Crippen LogP contribution >= 0.6 is 0 Å². The van der Waals surface area contributed by atoms with Crippen LogP contribution in [0.3, 0.4) is 0 Å². The van der Waals surface area contributed by atoms with Crippen LogP contribution in [-0.2, 0) is 20.0 Å². The van der Waals surface area contributed by atoms with Gasteiger partial charge in [-0.2, -0.15) is 0 Å². The summed E-state index contributed by atoms with van der Waals surface area (Å²) in [6, 6.07) is 10.6. The predicted octanol–water partition coefficient (Wildman–Crippen LogP) is 2.35. The Morgan fingerprint density at radius 3 is 2.08 bits per heavy atom. The van der Waals surface area contributed by atoms with Gasteiger partial charge >= 0.3 is 0 Å². The van der Waals surface area contributed by atoms with E-state index in [1.54, 1.807) is 12.1 Å². The van der Waals surface area contributed by atoms with Crippen LogP contribution in [0.5, 0.6) is 0 Å². The molecule has 130 valence electrons. The van der Waals surface area contributed by atoms with Crippen molar-refractivity contribution in [1.82, 2.24) is 4.31 Å². The molecule has 0 bridgehead atoms. The first-order valence-corrected chi connectivity index (χ1v) is 10.1. The third kappa shape index (κ3) is 3.77. The molecule has 0 heterocycles. The van der Waals surface area contributed by atoms with Crippen molar-refractivity contribution in [2.24, 2.45) is 0 Å². The highest BCUT2D eigenvalue weighted by Gasteiger charge is 2.19. The highest BCUT2D eigenvalue weighted by molar-refractivity contribution is 7.92. The van der Waals surface area contributed by atoms with Crippen molar-refractivity contribution in [3.05, 3.63) is 53.6 Å². The Balaban J connectivity index is 2.39. The maximum atomic E-state index is 12.5. The summed E-state index contributed by atoms with van der Waals surface area (Å²) in [6.45, 7) is 3.73. The average Bonchev–Trinajstić information content (AvgIpc) is 2.49. The number of benzene rings is 2. The number of nitrogens with zero attached hydrogens (tertiary/aromatic N) is 1. The van der Waals surface area contributed by atoms with Crippen LogP contribution in [0.1, 0.15) is 11.1 Å². The van der Waals surface area contributed by atoms with Gasteiger partial charge in [0.2, 0.25) is 10.0 Å². The summed E-state index contributed by atoms with van der Waals surface area (Å²) >= 11 is 0. The van der Waals surface area contributed by atoms with Gasteiger partial charge in [-0.1, -0.05) is 12.1 Å². The van der Waals surface area contributed by atoms with Gasteiger partial charge in [0.15, 0.2) is 0 Å². The van der Waals surface area contributed by atoms with Crippen molar-refractivity contribution in [3.63, 3.8) is 0 Å². The lowest BCUT2D eigenvalue weighted by molar-refractivity contribution is 0.521. The van der Waals surface area contributed by atoms with Crippen molar-refractivity contribution in [2.45, 2.75) is 23.6 Å². The highest BCUT2D eigenvalue weighted by atomic mass is 32.2. The minimum Gasteiger partial charge on any atom is -0.280 e. The van der Waals surface area contributed by atoms with Crippen LogP contribution in [0.25, 0.3) is 0 Å². The second-order valence-electron chi connectivity index (χ2n) is 5.67. The first-order valence-electron chi connectivity index (χ1n) is 7.17. The molecule has 1 N–H and O–H groups in total. The van der Waals surface area contributed by atoms with E-state index >= 15 is 0 Å². The third-order valence-corrected chi connectivity index (χ3v) is 6.84. The molecular formula is C16H20N2O4S2. The molecule has 0 amide bonds. The van der Waals surface area contributed by atoms with Gasteiger partial charge in [-0.25, -0.2) is 21.1 Å². The molecule has 2 aromatic carbocycles. The summed E-state index contributed by atoms with van der Waals surface area (Å²) in [5.74, 6) is 0.